The second-order valence-electron chi connectivity index (χ2n) is 15.6. The Morgan fingerprint density at radius 1 is 0.846 bits per heavy atom. The van der Waals surface area contributed by atoms with Gasteiger partial charge in [-0.2, -0.15) is 0 Å². The summed E-state index contributed by atoms with van der Waals surface area (Å²) in [5, 5.41) is 3.47. The van der Waals surface area contributed by atoms with Crippen LogP contribution in [0.15, 0.2) is 72.4 Å². The summed E-state index contributed by atoms with van der Waals surface area (Å²) in [7, 11) is 0. The van der Waals surface area contributed by atoms with Crippen molar-refractivity contribution in [3.8, 4) is 12.3 Å². The van der Waals surface area contributed by atoms with Crippen LogP contribution in [0.25, 0.3) is 5.70 Å². The zero-order valence-electron chi connectivity index (χ0n) is 37.4. The standard InChI is InChI=1S/C22H37N.C20H30.C7H16.C2H6/c1-8-10-19(11-9-2)15-20-12-13-21(14-17(20)3)18(4)23-16-22(5,6)7;1-6-9-11-17-20(14-7-2)19(8-3)16-13-10-12-15-18(4)5;1-3-5-7-6-4-2;1-2/h12-14,19,23H,4,8-11,15-16H2,1-3,5-7H3;3,10-13,15,17-18H,6-7,9,14,16H2,1-2,4-5H3;3-7H2,1-2H3;1-2H3/b;13-10-,15-12-,17-11-,20-19+;;. The molecule has 52 heavy (non-hydrogen) atoms. The number of rotatable bonds is 22. The first-order valence-corrected chi connectivity index (χ1v) is 21.5. The number of unbranched alkanes of at least 4 members (excludes halogenated alkanes) is 5. The number of hydrogen-bond donors (Lipinski definition) is 1. The van der Waals surface area contributed by atoms with E-state index in [0.29, 0.717) is 5.92 Å². The first-order chi connectivity index (χ1) is 24.8. The van der Waals surface area contributed by atoms with Gasteiger partial charge in [0.2, 0.25) is 0 Å². The third-order valence-corrected chi connectivity index (χ3v) is 8.55. The first kappa shape index (κ1) is 53.6. The molecule has 1 nitrogen and oxygen atoms in total. The van der Waals surface area contributed by atoms with Crippen LogP contribution < -0.4 is 5.32 Å². The summed E-state index contributed by atoms with van der Waals surface area (Å²) in [6.07, 6.45) is 37.5. The van der Waals surface area contributed by atoms with Gasteiger partial charge in [-0.3, -0.25) is 0 Å². The molecule has 0 saturated heterocycles. The Morgan fingerprint density at radius 2 is 1.46 bits per heavy atom. The number of hydrogen-bond acceptors (Lipinski definition) is 1. The highest BCUT2D eigenvalue weighted by Gasteiger charge is 2.13. The molecule has 0 radical (unpaired) electrons. The molecule has 1 heteroatoms. The lowest BCUT2D eigenvalue weighted by Crippen LogP contribution is -2.25. The van der Waals surface area contributed by atoms with Crippen LogP contribution in [0, 0.1) is 36.5 Å². The normalized spacial score (nSPS) is 11.8. The lowest BCUT2D eigenvalue weighted by Gasteiger charge is -2.21. The Balaban J connectivity index is -0.000000755. The van der Waals surface area contributed by atoms with Crippen molar-refractivity contribution in [2.75, 3.05) is 6.54 Å². The maximum absolute atomic E-state index is 5.68. The molecule has 1 aromatic carbocycles. The van der Waals surface area contributed by atoms with Gasteiger partial charge >= 0.3 is 0 Å². The van der Waals surface area contributed by atoms with E-state index < -0.39 is 0 Å². The number of terminal acetylenes is 1. The zero-order valence-corrected chi connectivity index (χ0v) is 37.4. The molecule has 0 atom stereocenters. The molecule has 0 fully saturated rings. The van der Waals surface area contributed by atoms with Crippen LogP contribution in [0.1, 0.15) is 197 Å². The van der Waals surface area contributed by atoms with Crippen LogP contribution >= 0.6 is 0 Å². The Bertz CT molecular complexity index is 1130. The van der Waals surface area contributed by atoms with Crippen molar-refractivity contribution in [3.63, 3.8) is 0 Å². The number of allylic oxidation sites excluding steroid dienone is 8. The molecule has 0 saturated carbocycles. The molecule has 1 aromatic rings. The van der Waals surface area contributed by atoms with Crippen LogP contribution in [-0.4, -0.2) is 6.54 Å². The number of benzene rings is 1. The van der Waals surface area contributed by atoms with E-state index in [4.69, 9.17) is 6.42 Å². The molecule has 0 amide bonds. The van der Waals surface area contributed by atoms with E-state index in [1.165, 1.54) is 92.9 Å². The monoisotopic (exact) mass is 716 g/mol. The molecule has 0 aromatic heterocycles. The lowest BCUT2D eigenvalue weighted by molar-refractivity contribution is 0.406. The van der Waals surface area contributed by atoms with Crippen molar-refractivity contribution in [1.29, 1.82) is 0 Å². The number of nitrogens with one attached hydrogen (secondary N) is 1. The van der Waals surface area contributed by atoms with Gasteiger partial charge in [0.15, 0.2) is 0 Å². The minimum atomic E-state index is 0.269. The topological polar surface area (TPSA) is 12.0 Å². The highest BCUT2D eigenvalue weighted by Crippen LogP contribution is 2.24. The largest absolute Gasteiger partial charge is 0.385 e. The van der Waals surface area contributed by atoms with E-state index in [9.17, 15) is 0 Å². The van der Waals surface area contributed by atoms with E-state index in [-0.39, 0.29) is 5.41 Å². The maximum Gasteiger partial charge on any atom is 0.0341 e. The average molecular weight is 716 g/mol. The van der Waals surface area contributed by atoms with Gasteiger partial charge in [0.05, 0.1) is 0 Å². The molecule has 0 aliphatic carbocycles. The number of aryl methyl sites for hydroxylation is 1. The summed E-state index contributed by atoms with van der Waals surface area (Å²) in [6.45, 7) is 35.9. The van der Waals surface area contributed by atoms with Gasteiger partial charge in [0, 0.05) is 17.8 Å². The van der Waals surface area contributed by atoms with Gasteiger partial charge in [-0.05, 0) is 78.2 Å². The Morgan fingerprint density at radius 3 is 1.92 bits per heavy atom. The van der Waals surface area contributed by atoms with Gasteiger partial charge in [0.1, 0.15) is 0 Å². The summed E-state index contributed by atoms with van der Waals surface area (Å²) in [6, 6.07) is 6.84. The third-order valence-electron chi connectivity index (χ3n) is 8.55. The minimum absolute atomic E-state index is 0.269. The SMILES string of the molecule is C#C/C(C/C=C\C=C/C(C)C)=C(\C=C/CCC)CCC.C=C(NCC(C)(C)C)c1ccc(CC(CCC)CCC)c(C)c1.CC.CCCCCCC. The summed E-state index contributed by atoms with van der Waals surface area (Å²) >= 11 is 0. The molecule has 0 spiro atoms. The van der Waals surface area contributed by atoms with Crippen LogP contribution in [-0.2, 0) is 6.42 Å². The smallest absolute Gasteiger partial charge is 0.0341 e. The van der Waals surface area contributed by atoms with Gasteiger partial charge in [0.25, 0.3) is 0 Å². The van der Waals surface area contributed by atoms with Gasteiger partial charge in [-0.15, -0.1) is 6.42 Å². The molecule has 1 N–H and O–H groups in total. The predicted molar refractivity (Wildman–Crippen MR) is 243 cm³/mol. The van der Waals surface area contributed by atoms with E-state index in [1.54, 1.807) is 0 Å². The Labute approximate surface area is 328 Å². The first-order valence-electron chi connectivity index (χ1n) is 21.5. The molecular weight excluding hydrogens is 627 g/mol. The van der Waals surface area contributed by atoms with Crippen LogP contribution in [0.4, 0.5) is 0 Å². The zero-order chi connectivity index (χ0) is 40.2. The predicted octanol–water partition coefficient (Wildman–Crippen LogP) is 16.6. The fourth-order valence-corrected chi connectivity index (χ4v) is 5.57. The fraction of sp³-hybridized carbons (Fsp3) is 0.647. The Hall–Kier alpha value is -2.72. The molecule has 0 unspecified atom stereocenters. The summed E-state index contributed by atoms with van der Waals surface area (Å²) in [4.78, 5) is 0. The summed E-state index contributed by atoms with van der Waals surface area (Å²) in [5.74, 6) is 4.29. The van der Waals surface area contributed by atoms with Crippen molar-refractivity contribution >= 4 is 5.70 Å². The minimum Gasteiger partial charge on any atom is -0.385 e. The molecule has 0 bridgehead atoms. The molecule has 298 valence electrons. The second-order valence-corrected chi connectivity index (χ2v) is 15.6. The average Bonchev–Trinajstić information content (AvgIpc) is 3.11. The van der Waals surface area contributed by atoms with Crippen molar-refractivity contribution in [2.24, 2.45) is 17.3 Å². The van der Waals surface area contributed by atoms with E-state index in [0.717, 1.165) is 49.4 Å². The van der Waals surface area contributed by atoms with Crippen LogP contribution in [0.2, 0.25) is 0 Å². The van der Waals surface area contributed by atoms with E-state index in [2.05, 4.69) is 156 Å². The summed E-state index contributed by atoms with van der Waals surface area (Å²) < 4.78 is 0. The third kappa shape index (κ3) is 32.0. The molecular formula is C51H89N. The van der Waals surface area contributed by atoms with Crippen LogP contribution in [0.3, 0.4) is 0 Å². The molecule has 0 aliphatic rings. The maximum atomic E-state index is 5.68. The molecule has 0 aliphatic heterocycles. The highest BCUT2D eigenvalue weighted by molar-refractivity contribution is 5.62. The lowest BCUT2D eigenvalue weighted by atomic mass is 9.88. The van der Waals surface area contributed by atoms with Crippen molar-refractivity contribution in [1.82, 2.24) is 5.32 Å². The quantitative estimate of drug-likeness (QED) is 0.0716. The summed E-state index contributed by atoms with van der Waals surface area (Å²) in [5.41, 5.74) is 7.87. The van der Waals surface area contributed by atoms with Crippen molar-refractivity contribution < 1.29 is 0 Å². The Kier molecular flexibility index (Phi) is 37.8. The molecule has 0 heterocycles. The van der Waals surface area contributed by atoms with Gasteiger partial charge in [-0.25, -0.2) is 0 Å². The van der Waals surface area contributed by atoms with Gasteiger partial charge < -0.3 is 5.32 Å². The molecule has 1 rings (SSSR count). The van der Waals surface area contributed by atoms with E-state index in [1.807, 2.05) is 13.8 Å². The van der Waals surface area contributed by atoms with Crippen molar-refractivity contribution in [2.45, 2.75) is 193 Å². The highest BCUT2D eigenvalue weighted by atomic mass is 14.9. The van der Waals surface area contributed by atoms with E-state index >= 15 is 0 Å². The second kappa shape index (κ2) is 36.6. The van der Waals surface area contributed by atoms with Crippen LogP contribution in [0.5, 0.6) is 0 Å². The van der Waals surface area contributed by atoms with Crippen molar-refractivity contribution in [3.05, 3.63) is 89.1 Å². The fourth-order valence-electron chi connectivity index (χ4n) is 5.57. The van der Waals surface area contributed by atoms with Gasteiger partial charge in [-0.1, -0.05) is 222 Å².